The number of hydrogen-bond acceptors (Lipinski definition) is 5. The number of anilines is 1. The Balaban J connectivity index is 1.41. The molecular formula is C26H25ClN4O3. The van der Waals surface area contributed by atoms with E-state index in [2.05, 4.69) is 10.00 Å². The second-order valence-corrected chi connectivity index (χ2v) is 8.57. The molecular weight excluding hydrogens is 452 g/mol. The van der Waals surface area contributed by atoms with Crippen molar-refractivity contribution in [3.05, 3.63) is 83.2 Å². The Morgan fingerprint density at radius 3 is 2.38 bits per heavy atom. The molecule has 174 valence electrons. The number of amides is 1. The third-order valence-corrected chi connectivity index (χ3v) is 6.33. The molecule has 3 heterocycles. The fraction of sp³-hybridized carbons (Fsp3) is 0.231. The standard InChI is InChI=1S/C26H25ClN4O3/c1-18-7-12-25(34-18)22-17-24(31(28-22)23-6-4-3-5-21(23)27)26(32)30-15-13-29(14-16-30)19-8-10-20(33-2)11-9-19/h3-12,17H,13-16H2,1-2H3. The lowest BCUT2D eigenvalue weighted by Gasteiger charge is -2.36. The van der Waals surface area contributed by atoms with E-state index in [0.717, 1.165) is 30.3 Å². The van der Waals surface area contributed by atoms with E-state index < -0.39 is 0 Å². The normalized spacial score (nSPS) is 13.9. The summed E-state index contributed by atoms with van der Waals surface area (Å²) in [4.78, 5) is 17.8. The summed E-state index contributed by atoms with van der Waals surface area (Å²) in [6, 6.07) is 20.9. The van der Waals surface area contributed by atoms with Crippen LogP contribution in [0.15, 0.2) is 71.1 Å². The Morgan fingerprint density at radius 1 is 1.00 bits per heavy atom. The van der Waals surface area contributed by atoms with Crippen molar-refractivity contribution in [2.45, 2.75) is 6.92 Å². The maximum absolute atomic E-state index is 13.6. The monoisotopic (exact) mass is 476 g/mol. The van der Waals surface area contributed by atoms with E-state index in [-0.39, 0.29) is 5.91 Å². The lowest BCUT2D eigenvalue weighted by Crippen LogP contribution is -2.49. The molecule has 1 fully saturated rings. The van der Waals surface area contributed by atoms with Gasteiger partial charge in [-0.3, -0.25) is 4.79 Å². The average Bonchev–Trinajstić information content (AvgIpc) is 3.51. The zero-order valence-corrected chi connectivity index (χ0v) is 19.8. The van der Waals surface area contributed by atoms with Gasteiger partial charge in [-0.2, -0.15) is 5.10 Å². The van der Waals surface area contributed by atoms with Crippen LogP contribution >= 0.6 is 11.6 Å². The van der Waals surface area contributed by atoms with Crippen LogP contribution in [0, 0.1) is 6.92 Å². The molecule has 34 heavy (non-hydrogen) atoms. The van der Waals surface area contributed by atoms with Crippen molar-refractivity contribution in [2.75, 3.05) is 38.2 Å². The van der Waals surface area contributed by atoms with E-state index >= 15 is 0 Å². The minimum atomic E-state index is -0.0867. The Labute approximate surface area is 203 Å². The zero-order chi connectivity index (χ0) is 23.7. The molecule has 1 aliphatic heterocycles. The van der Waals surface area contributed by atoms with Gasteiger partial charge in [0.1, 0.15) is 22.9 Å². The smallest absolute Gasteiger partial charge is 0.272 e. The largest absolute Gasteiger partial charge is 0.497 e. The molecule has 1 aliphatic rings. The van der Waals surface area contributed by atoms with E-state index in [9.17, 15) is 4.79 Å². The van der Waals surface area contributed by atoms with Crippen LogP contribution in [-0.2, 0) is 0 Å². The second-order valence-electron chi connectivity index (χ2n) is 8.17. The molecule has 0 unspecified atom stereocenters. The van der Waals surface area contributed by atoms with E-state index in [0.29, 0.717) is 40.9 Å². The highest BCUT2D eigenvalue weighted by molar-refractivity contribution is 6.32. The summed E-state index contributed by atoms with van der Waals surface area (Å²) in [6.45, 7) is 4.56. The lowest BCUT2D eigenvalue weighted by molar-refractivity contribution is 0.0737. The van der Waals surface area contributed by atoms with Crippen molar-refractivity contribution in [1.29, 1.82) is 0 Å². The van der Waals surface area contributed by atoms with Gasteiger partial charge < -0.3 is 19.0 Å². The van der Waals surface area contributed by atoms with E-state index in [1.807, 2.05) is 66.4 Å². The Hall–Kier alpha value is -3.71. The molecule has 2 aromatic heterocycles. The number of halogens is 1. The number of piperazine rings is 1. The number of methoxy groups -OCH3 is 1. The van der Waals surface area contributed by atoms with Gasteiger partial charge in [-0.1, -0.05) is 23.7 Å². The summed E-state index contributed by atoms with van der Waals surface area (Å²) < 4.78 is 12.6. The highest BCUT2D eigenvalue weighted by Gasteiger charge is 2.27. The molecule has 1 saturated heterocycles. The molecule has 0 N–H and O–H groups in total. The fourth-order valence-corrected chi connectivity index (χ4v) is 4.37. The minimum absolute atomic E-state index is 0.0867. The van der Waals surface area contributed by atoms with Crippen LogP contribution in [0.1, 0.15) is 16.2 Å². The summed E-state index contributed by atoms with van der Waals surface area (Å²) in [7, 11) is 1.66. The van der Waals surface area contributed by atoms with Crippen LogP contribution in [0.4, 0.5) is 5.69 Å². The second kappa shape index (κ2) is 9.27. The van der Waals surface area contributed by atoms with Gasteiger partial charge in [-0.05, 0) is 55.5 Å². The number of hydrogen-bond donors (Lipinski definition) is 0. The number of carbonyl (C=O) groups excluding carboxylic acids is 1. The molecule has 0 atom stereocenters. The first-order chi connectivity index (χ1) is 16.5. The summed E-state index contributed by atoms with van der Waals surface area (Å²) >= 11 is 6.46. The van der Waals surface area contributed by atoms with E-state index in [4.69, 9.17) is 20.8 Å². The number of aromatic nitrogens is 2. The zero-order valence-electron chi connectivity index (χ0n) is 19.1. The summed E-state index contributed by atoms with van der Waals surface area (Å²) in [5.74, 6) is 2.13. The predicted molar refractivity (Wildman–Crippen MR) is 132 cm³/mol. The summed E-state index contributed by atoms with van der Waals surface area (Å²) in [6.07, 6.45) is 0. The number of para-hydroxylation sites is 1. The molecule has 2 aromatic carbocycles. The Bertz CT molecular complexity index is 1300. The number of carbonyl (C=O) groups is 1. The van der Waals surface area contributed by atoms with Crippen molar-refractivity contribution in [3.63, 3.8) is 0 Å². The third-order valence-electron chi connectivity index (χ3n) is 6.01. The molecule has 4 aromatic rings. The molecule has 5 rings (SSSR count). The van der Waals surface area contributed by atoms with Gasteiger partial charge in [0.25, 0.3) is 5.91 Å². The van der Waals surface area contributed by atoms with Gasteiger partial charge in [-0.25, -0.2) is 4.68 Å². The SMILES string of the molecule is COc1ccc(N2CCN(C(=O)c3cc(-c4ccc(C)o4)nn3-c3ccccc3Cl)CC2)cc1. The van der Waals surface area contributed by atoms with E-state index in [1.54, 1.807) is 23.9 Å². The van der Waals surface area contributed by atoms with Crippen molar-refractivity contribution in [1.82, 2.24) is 14.7 Å². The number of benzene rings is 2. The Morgan fingerprint density at radius 2 is 1.74 bits per heavy atom. The summed E-state index contributed by atoms with van der Waals surface area (Å²) in [5, 5.41) is 5.21. The third kappa shape index (κ3) is 4.26. The van der Waals surface area contributed by atoms with Crippen LogP contribution in [0.2, 0.25) is 5.02 Å². The van der Waals surface area contributed by atoms with Gasteiger partial charge in [0.2, 0.25) is 0 Å². The first kappa shape index (κ1) is 22.1. The Kier molecular flexibility index (Phi) is 6.02. The molecule has 1 amide bonds. The number of nitrogens with zero attached hydrogens (tertiary/aromatic N) is 4. The number of furan rings is 1. The van der Waals surface area contributed by atoms with Gasteiger partial charge in [0.15, 0.2) is 5.76 Å². The highest BCUT2D eigenvalue weighted by Crippen LogP contribution is 2.28. The minimum Gasteiger partial charge on any atom is -0.497 e. The first-order valence-corrected chi connectivity index (χ1v) is 11.5. The maximum atomic E-state index is 13.6. The molecule has 0 radical (unpaired) electrons. The molecule has 0 saturated carbocycles. The molecule has 0 spiro atoms. The van der Waals surface area contributed by atoms with Crippen LogP contribution in [0.25, 0.3) is 17.1 Å². The molecule has 0 aliphatic carbocycles. The molecule has 7 nitrogen and oxygen atoms in total. The highest BCUT2D eigenvalue weighted by atomic mass is 35.5. The molecule has 0 bridgehead atoms. The number of ether oxygens (including phenoxy) is 1. The summed E-state index contributed by atoms with van der Waals surface area (Å²) in [5.41, 5.74) is 2.81. The van der Waals surface area contributed by atoms with Crippen LogP contribution in [0.5, 0.6) is 5.75 Å². The number of rotatable bonds is 5. The van der Waals surface area contributed by atoms with Gasteiger partial charge >= 0.3 is 0 Å². The topological polar surface area (TPSA) is 63.7 Å². The van der Waals surface area contributed by atoms with Crippen molar-refractivity contribution in [2.24, 2.45) is 0 Å². The van der Waals surface area contributed by atoms with Crippen molar-refractivity contribution < 1.29 is 13.9 Å². The first-order valence-electron chi connectivity index (χ1n) is 11.1. The quantitative estimate of drug-likeness (QED) is 0.402. The fourth-order valence-electron chi connectivity index (χ4n) is 4.16. The van der Waals surface area contributed by atoms with Crippen LogP contribution < -0.4 is 9.64 Å². The predicted octanol–water partition coefficient (Wildman–Crippen LogP) is 5.07. The van der Waals surface area contributed by atoms with Gasteiger partial charge in [0.05, 0.1) is 17.8 Å². The lowest BCUT2D eigenvalue weighted by atomic mass is 10.2. The van der Waals surface area contributed by atoms with Crippen LogP contribution in [-0.4, -0.2) is 53.9 Å². The average molecular weight is 477 g/mol. The van der Waals surface area contributed by atoms with Crippen molar-refractivity contribution in [3.8, 4) is 22.9 Å². The van der Waals surface area contributed by atoms with Gasteiger partial charge in [0, 0.05) is 37.9 Å². The van der Waals surface area contributed by atoms with Gasteiger partial charge in [-0.15, -0.1) is 0 Å². The maximum Gasteiger partial charge on any atom is 0.272 e. The van der Waals surface area contributed by atoms with E-state index in [1.165, 1.54) is 0 Å². The van der Waals surface area contributed by atoms with Crippen LogP contribution in [0.3, 0.4) is 0 Å². The van der Waals surface area contributed by atoms with Crippen molar-refractivity contribution >= 4 is 23.2 Å². The molecule has 8 heteroatoms. The number of aryl methyl sites for hydroxylation is 1.